The first-order valence-corrected chi connectivity index (χ1v) is 11.2. The van der Waals surface area contributed by atoms with Crippen molar-refractivity contribution in [2.45, 2.75) is 39.3 Å². The number of aliphatic hydroxyl groups is 3. The molecule has 0 bridgehead atoms. The Labute approximate surface area is 200 Å². The minimum Gasteiger partial charge on any atom is -0.492 e. The van der Waals surface area contributed by atoms with Crippen molar-refractivity contribution in [3.8, 4) is 5.75 Å². The summed E-state index contributed by atoms with van der Waals surface area (Å²) >= 11 is 0. The van der Waals surface area contributed by atoms with E-state index in [-0.39, 0.29) is 28.9 Å². The van der Waals surface area contributed by atoms with Gasteiger partial charge >= 0.3 is 6.10 Å². The molecule has 12 nitrogen and oxygen atoms in total. The average molecular weight is 485 g/mol. The maximum atomic E-state index is 12.6. The van der Waals surface area contributed by atoms with Crippen LogP contribution in [0.2, 0.25) is 0 Å². The molecule has 3 aromatic rings. The number of benzene rings is 1. The Morgan fingerprint density at radius 2 is 1.94 bits per heavy atom. The molecule has 1 saturated carbocycles. The number of aromatic nitrogens is 3. The fourth-order valence-corrected chi connectivity index (χ4v) is 4.21. The van der Waals surface area contributed by atoms with Gasteiger partial charge in [0.1, 0.15) is 11.3 Å². The van der Waals surface area contributed by atoms with E-state index in [2.05, 4.69) is 27.6 Å². The predicted octanol–water partition coefficient (Wildman–Crippen LogP) is 1.51. The number of pyridine rings is 1. The van der Waals surface area contributed by atoms with E-state index in [0.717, 1.165) is 29.9 Å². The third kappa shape index (κ3) is 5.19. The first-order valence-electron chi connectivity index (χ1n) is 11.2. The highest BCUT2D eigenvalue weighted by molar-refractivity contribution is 6.02. The van der Waals surface area contributed by atoms with Crippen LogP contribution < -0.4 is 20.7 Å². The third-order valence-corrected chi connectivity index (χ3v) is 5.96. The van der Waals surface area contributed by atoms with Crippen LogP contribution in [0.3, 0.4) is 0 Å². The normalized spacial score (nSPS) is 17.5. The molecule has 35 heavy (non-hydrogen) atoms. The van der Waals surface area contributed by atoms with Crippen molar-refractivity contribution < 1.29 is 29.6 Å². The zero-order valence-electron chi connectivity index (χ0n) is 19.6. The van der Waals surface area contributed by atoms with Gasteiger partial charge in [-0.2, -0.15) is 5.10 Å². The number of anilines is 3. The van der Waals surface area contributed by atoms with Crippen LogP contribution in [0.5, 0.6) is 5.75 Å². The highest BCUT2D eigenvalue weighted by atomic mass is 16.7. The summed E-state index contributed by atoms with van der Waals surface area (Å²) in [4.78, 5) is 29.3. The molecule has 1 aliphatic carbocycles. The second-order valence-electron chi connectivity index (χ2n) is 8.64. The Kier molecular flexibility index (Phi) is 6.61. The van der Waals surface area contributed by atoms with E-state index >= 15 is 0 Å². The Hall–Kier alpha value is -3.74. The number of nitrogens with one attached hydrogen (secondary N) is 3. The van der Waals surface area contributed by atoms with Crippen LogP contribution in [-0.4, -0.2) is 55.1 Å². The lowest BCUT2D eigenvalue weighted by Crippen LogP contribution is -2.48. The van der Waals surface area contributed by atoms with Gasteiger partial charge in [-0.25, -0.2) is 4.98 Å². The lowest BCUT2D eigenvalue weighted by molar-refractivity contribution is -0.323. The Balaban J connectivity index is 1.71. The average Bonchev–Trinajstić information content (AvgIpc) is 3.19. The number of rotatable bonds is 8. The second kappa shape index (κ2) is 9.49. The van der Waals surface area contributed by atoms with E-state index in [1.54, 1.807) is 22.3 Å². The van der Waals surface area contributed by atoms with Gasteiger partial charge in [0.05, 0.1) is 30.2 Å². The predicted molar refractivity (Wildman–Crippen MR) is 127 cm³/mol. The Morgan fingerprint density at radius 3 is 2.57 bits per heavy atom. The number of aryl methyl sites for hydroxylation is 1. The molecule has 1 aromatic carbocycles. The van der Waals surface area contributed by atoms with Crippen LogP contribution in [0, 0.1) is 11.8 Å². The van der Waals surface area contributed by atoms with Crippen LogP contribution >= 0.6 is 0 Å². The number of methoxy groups -OCH3 is 1. The number of fused-ring (bicyclic) bond motifs is 1. The first kappa shape index (κ1) is 24.4. The lowest BCUT2D eigenvalue weighted by Gasteiger charge is -2.31. The van der Waals surface area contributed by atoms with Gasteiger partial charge < -0.3 is 30.7 Å². The van der Waals surface area contributed by atoms with Gasteiger partial charge in [0, 0.05) is 30.1 Å². The van der Waals surface area contributed by atoms with Crippen molar-refractivity contribution in [2.75, 3.05) is 17.7 Å². The number of amides is 2. The molecule has 2 heterocycles. The summed E-state index contributed by atoms with van der Waals surface area (Å²) in [6.45, 7) is 4.63. The van der Waals surface area contributed by atoms with E-state index in [9.17, 15) is 24.9 Å². The summed E-state index contributed by atoms with van der Waals surface area (Å²) in [5, 5.41) is 40.3. The molecule has 0 saturated heterocycles. The number of hydrogen-bond donors (Lipinski definition) is 6. The van der Waals surface area contributed by atoms with Gasteiger partial charge in [0.25, 0.3) is 5.91 Å². The zero-order valence-corrected chi connectivity index (χ0v) is 19.6. The number of carbonyl (C=O) groups excluding carboxylic acids is 2. The van der Waals surface area contributed by atoms with Crippen molar-refractivity contribution in [3.63, 3.8) is 0 Å². The lowest BCUT2D eigenvalue weighted by atomic mass is 9.76. The van der Waals surface area contributed by atoms with Gasteiger partial charge in [-0.3, -0.25) is 19.6 Å². The first-order chi connectivity index (χ1) is 16.6. The number of nitrogens with zero attached hydrogens (tertiary/aromatic N) is 3. The van der Waals surface area contributed by atoms with Crippen LogP contribution in [0.1, 0.15) is 37.0 Å². The van der Waals surface area contributed by atoms with Crippen LogP contribution in [0.25, 0.3) is 10.9 Å². The molecular formula is C23H28N6O6. The van der Waals surface area contributed by atoms with E-state index in [0.29, 0.717) is 23.9 Å². The summed E-state index contributed by atoms with van der Waals surface area (Å²) in [6, 6.07) is 5.03. The highest BCUT2D eigenvalue weighted by Crippen LogP contribution is 2.37. The summed E-state index contributed by atoms with van der Waals surface area (Å²) in [6.07, 6.45) is 1.04. The quantitative estimate of drug-likeness (QED) is 0.259. The third-order valence-electron chi connectivity index (χ3n) is 5.96. The maximum absolute atomic E-state index is 12.6. The van der Waals surface area contributed by atoms with Gasteiger partial charge in [0.15, 0.2) is 5.75 Å². The number of ether oxygens (including phenoxy) is 1. The largest absolute Gasteiger partial charge is 0.492 e. The second-order valence-corrected chi connectivity index (χ2v) is 8.64. The van der Waals surface area contributed by atoms with Crippen molar-refractivity contribution in [1.29, 1.82) is 0 Å². The number of hydrogen-bond acceptors (Lipinski definition) is 9. The summed E-state index contributed by atoms with van der Waals surface area (Å²) < 4.78 is 7.41. The molecule has 186 valence electrons. The van der Waals surface area contributed by atoms with Crippen LogP contribution in [-0.2, 0) is 11.3 Å². The van der Waals surface area contributed by atoms with Gasteiger partial charge in [-0.05, 0) is 37.8 Å². The fraction of sp³-hybridized carbons (Fsp3) is 0.391. The van der Waals surface area contributed by atoms with Crippen molar-refractivity contribution in [3.05, 3.63) is 36.2 Å². The Bertz CT molecular complexity index is 1260. The number of carbonyl (C=O) groups is 2. The van der Waals surface area contributed by atoms with Gasteiger partial charge in [-0.15, -0.1) is 0 Å². The molecule has 0 spiro atoms. The van der Waals surface area contributed by atoms with Crippen molar-refractivity contribution >= 4 is 39.9 Å². The van der Waals surface area contributed by atoms with Crippen LogP contribution in [0.4, 0.5) is 17.2 Å². The molecule has 2 amide bonds. The van der Waals surface area contributed by atoms with Crippen LogP contribution in [0.15, 0.2) is 30.6 Å². The molecule has 2 aromatic heterocycles. The molecule has 1 fully saturated rings. The monoisotopic (exact) mass is 484 g/mol. The molecule has 0 radical (unpaired) electrons. The summed E-state index contributed by atoms with van der Waals surface area (Å²) in [5.41, 5.74) is 1.30. The molecule has 1 aliphatic rings. The van der Waals surface area contributed by atoms with E-state index in [4.69, 9.17) is 4.74 Å². The topological polar surface area (TPSA) is 171 Å². The molecule has 0 atom stereocenters. The minimum atomic E-state index is -3.42. The highest BCUT2D eigenvalue weighted by Gasteiger charge is 2.32. The van der Waals surface area contributed by atoms with E-state index in [1.165, 1.54) is 13.2 Å². The molecule has 0 unspecified atom stereocenters. The summed E-state index contributed by atoms with van der Waals surface area (Å²) in [5.74, 6) is -0.102. The molecule has 0 aliphatic heterocycles. The molecular weight excluding hydrogens is 456 g/mol. The smallest absolute Gasteiger partial charge is 0.369 e. The molecule has 12 heteroatoms. The SMILES string of the molecule is CCn1ncc2ccc(Nc3cc(NC(=O)C4CC(C)C4)ncc3C(=O)NC(O)(O)O)c(OC)c21. The fourth-order valence-electron chi connectivity index (χ4n) is 4.21. The molecule has 4 rings (SSSR count). The van der Waals surface area contributed by atoms with E-state index in [1.807, 2.05) is 13.0 Å². The molecule has 6 N–H and O–H groups in total. The van der Waals surface area contributed by atoms with Crippen molar-refractivity contribution in [1.82, 2.24) is 20.1 Å². The minimum absolute atomic E-state index is 0.0956. The maximum Gasteiger partial charge on any atom is 0.369 e. The van der Waals surface area contributed by atoms with Gasteiger partial charge in [-0.1, -0.05) is 6.92 Å². The zero-order chi connectivity index (χ0) is 25.3. The van der Waals surface area contributed by atoms with Gasteiger partial charge in [0.2, 0.25) is 5.91 Å². The van der Waals surface area contributed by atoms with Crippen molar-refractivity contribution in [2.24, 2.45) is 11.8 Å². The Morgan fingerprint density at radius 1 is 1.20 bits per heavy atom. The van der Waals surface area contributed by atoms with E-state index < -0.39 is 12.0 Å². The standard InChI is InChI=1S/C23H28N6O6/c1-4-29-19-13(10-25-29)5-6-16(20(19)35-3)26-17-9-18(27-21(30)14-7-12(2)8-14)24-11-15(17)22(31)28-23(32,33)34/h5-6,9-12,14,32-34H,4,7-8H2,1-3H3,(H,28,31)(H2,24,26,27,30). The summed E-state index contributed by atoms with van der Waals surface area (Å²) in [7, 11) is 1.51.